The number of hydrogen-bond donors (Lipinski definition) is 0. The molecule has 110 valence electrons. The summed E-state index contributed by atoms with van der Waals surface area (Å²) in [6.07, 6.45) is 7.51. The average Bonchev–Trinajstić information content (AvgIpc) is 2.48. The molecule has 0 atom stereocenters. The number of unbranched alkanes of at least 4 members (excludes halogenated alkanes) is 5. The molecule has 0 N–H and O–H groups in total. The van der Waals surface area contributed by atoms with Gasteiger partial charge in [-0.15, -0.1) is 0 Å². The zero-order valence-electron chi connectivity index (χ0n) is 12.0. The third-order valence-corrected chi connectivity index (χ3v) is 2.91. The molecule has 0 heterocycles. The van der Waals surface area contributed by atoms with E-state index in [1.54, 1.807) is 24.3 Å². The summed E-state index contributed by atoms with van der Waals surface area (Å²) < 4.78 is 10.3. The molecule has 0 aliphatic rings. The summed E-state index contributed by atoms with van der Waals surface area (Å²) in [4.78, 5) is 20.9. The number of benzene rings is 1. The van der Waals surface area contributed by atoms with Crippen molar-refractivity contribution in [3.8, 4) is 11.5 Å². The molecule has 0 fully saturated rings. The lowest BCUT2D eigenvalue weighted by Crippen LogP contribution is -2.08. The Morgan fingerprint density at radius 3 is 2.25 bits per heavy atom. The molecule has 0 unspecified atom stereocenters. The molecule has 1 rings (SSSR count). The number of ether oxygens (including phenoxy) is 2. The molecular formula is C16H22O4. The van der Waals surface area contributed by atoms with Gasteiger partial charge in [0.05, 0.1) is 6.61 Å². The Bertz CT molecular complexity index is 397. The van der Waals surface area contributed by atoms with Crippen LogP contribution < -0.4 is 9.47 Å². The largest absolute Gasteiger partial charge is 0.494 e. The second-order valence-corrected chi connectivity index (χ2v) is 4.63. The molecule has 1 aromatic carbocycles. The minimum Gasteiger partial charge on any atom is -0.494 e. The first-order chi connectivity index (χ1) is 9.76. The van der Waals surface area contributed by atoms with Crippen molar-refractivity contribution < 1.29 is 19.1 Å². The minimum atomic E-state index is -0.897. The van der Waals surface area contributed by atoms with E-state index in [-0.39, 0.29) is 6.29 Å². The monoisotopic (exact) mass is 278 g/mol. The van der Waals surface area contributed by atoms with Crippen molar-refractivity contribution in [3.05, 3.63) is 24.3 Å². The molecule has 0 aromatic heterocycles. The van der Waals surface area contributed by atoms with Gasteiger partial charge in [-0.1, -0.05) is 39.0 Å². The van der Waals surface area contributed by atoms with Crippen LogP contribution in [-0.4, -0.2) is 18.9 Å². The Morgan fingerprint density at radius 1 is 1.00 bits per heavy atom. The lowest BCUT2D eigenvalue weighted by atomic mass is 10.1. The first-order valence-corrected chi connectivity index (χ1v) is 7.16. The van der Waals surface area contributed by atoms with Gasteiger partial charge in [0.1, 0.15) is 11.5 Å². The second-order valence-electron chi connectivity index (χ2n) is 4.63. The van der Waals surface area contributed by atoms with Crippen LogP contribution in [0.3, 0.4) is 0 Å². The Hall–Kier alpha value is -1.84. The molecule has 0 radical (unpaired) electrons. The topological polar surface area (TPSA) is 52.6 Å². The van der Waals surface area contributed by atoms with Gasteiger partial charge in [-0.2, -0.15) is 0 Å². The van der Waals surface area contributed by atoms with Gasteiger partial charge in [0.25, 0.3) is 0 Å². The van der Waals surface area contributed by atoms with Crippen molar-refractivity contribution in [2.75, 3.05) is 6.61 Å². The first kappa shape index (κ1) is 16.2. The predicted molar refractivity (Wildman–Crippen MR) is 77.0 cm³/mol. The Balaban J connectivity index is 2.18. The molecule has 0 aliphatic carbocycles. The maximum atomic E-state index is 10.8. The van der Waals surface area contributed by atoms with Crippen LogP contribution in [0.2, 0.25) is 0 Å². The maximum absolute atomic E-state index is 10.8. The standard InChI is InChI=1S/C16H22O4/c1-2-3-4-5-6-7-12-19-14-8-10-15(11-9-14)20-16(18)13-17/h8-11,13H,2-7,12H2,1H3. The van der Waals surface area contributed by atoms with Crippen molar-refractivity contribution in [1.82, 2.24) is 0 Å². The van der Waals surface area contributed by atoms with Crippen LogP contribution in [0.4, 0.5) is 0 Å². The van der Waals surface area contributed by atoms with Crippen LogP contribution in [0.25, 0.3) is 0 Å². The number of carbonyl (C=O) groups excluding carboxylic acids is 2. The van der Waals surface area contributed by atoms with Crippen LogP contribution >= 0.6 is 0 Å². The highest BCUT2D eigenvalue weighted by Gasteiger charge is 2.02. The first-order valence-electron chi connectivity index (χ1n) is 7.16. The summed E-state index contributed by atoms with van der Waals surface area (Å²) >= 11 is 0. The molecule has 4 heteroatoms. The zero-order chi connectivity index (χ0) is 14.6. The van der Waals surface area contributed by atoms with Gasteiger partial charge in [0.15, 0.2) is 0 Å². The molecular weight excluding hydrogens is 256 g/mol. The van der Waals surface area contributed by atoms with E-state index in [0.717, 1.165) is 12.2 Å². The number of aldehydes is 1. The van der Waals surface area contributed by atoms with E-state index in [2.05, 4.69) is 6.92 Å². The molecule has 0 saturated heterocycles. The Morgan fingerprint density at radius 2 is 1.60 bits per heavy atom. The number of esters is 1. The summed E-state index contributed by atoms with van der Waals surface area (Å²) in [5.41, 5.74) is 0. The van der Waals surface area contributed by atoms with Crippen LogP contribution in [0.15, 0.2) is 24.3 Å². The molecule has 0 aliphatic heterocycles. The fraction of sp³-hybridized carbons (Fsp3) is 0.500. The van der Waals surface area contributed by atoms with Gasteiger partial charge in [0, 0.05) is 0 Å². The van der Waals surface area contributed by atoms with Crippen LogP contribution in [-0.2, 0) is 9.59 Å². The second kappa shape index (κ2) is 10.0. The summed E-state index contributed by atoms with van der Waals surface area (Å²) in [7, 11) is 0. The predicted octanol–water partition coefficient (Wildman–Crippen LogP) is 3.53. The van der Waals surface area contributed by atoms with E-state index >= 15 is 0 Å². The number of rotatable bonds is 10. The highest BCUT2D eigenvalue weighted by Crippen LogP contribution is 2.18. The third kappa shape index (κ3) is 6.92. The van der Waals surface area contributed by atoms with E-state index in [1.165, 1.54) is 32.1 Å². The SMILES string of the molecule is CCCCCCCCOc1ccc(OC(=O)C=O)cc1. The van der Waals surface area contributed by atoms with E-state index < -0.39 is 5.97 Å². The molecule has 0 bridgehead atoms. The molecule has 4 nitrogen and oxygen atoms in total. The van der Waals surface area contributed by atoms with Gasteiger partial charge in [-0.3, -0.25) is 4.79 Å². The van der Waals surface area contributed by atoms with Crippen molar-refractivity contribution in [2.45, 2.75) is 45.4 Å². The fourth-order valence-electron chi connectivity index (χ4n) is 1.82. The smallest absolute Gasteiger partial charge is 0.376 e. The Labute approximate surface area is 120 Å². The molecule has 1 aromatic rings. The number of hydrogen-bond acceptors (Lipinski definition) is 4. The highest BCUT2D eigenvalue weighted by molar-refractivity contribution is 6.21. The van der Waals surface area contributed by atoms with Crippen LogP contribution in [0, 0.1) is 0 Å². The number of carbonyl (C=O) groups is 2. The molecule has 0 saturated carbocycles. The third-order valence-electron chi connectivity index (χ3n) is 2.91. The molecule has 0 spiro atoms. The van der Waals surface area contributed by atoms with Crippen LogP contribution in [0.1, 0.15) is 45.4 Å². The van der Waals surface area contributed by atoms with Gasteiger partial charge in [-0.25, -0.2) is 4.79 Å². The normalized spacial score (nSPS) is 10.1. The highest BCUT2D eigenvalue weighted by atomic mass is 16.5. The van der Waals surface area contributed by atoms with Crippen LogP contribution in [0.5, 0.6) is 11.5 Å². The van der Waals surface area contributed by atoms with Crippen molar-refractivity contribution >= 4 is 12.3 Å². The lowest BCUT2D eigenvalue weighted by molar-refractivity contribution is -0.141. The van der Waals surface area contributed by atoms with Crippen molar-refractivity contribution in [3.63, 3.8) is 0 Å². The zero-order valence-corrected chi connectivity index (χ0v) is 12.0. The average molecular weight is 278 g/mol. The molecule has 0 amide bonds. The maximum Gasteiger partial charge on any atom is 0.376 e. The van der Waals surface area contributed by atoms with E-state index in [1.807, 2.05) is 0 Å². The van der Waals surface area contributed by atoms with Crippen molar-refractivity contribution in [2.24, 2.45) is 0 Å². The minimum absolute atomic E-state index is 0.142. The Kier molecular flexibility index (Phi) is 8.11. The van der Waals surface area contributed by atoms with Gasteiger partial charge in [0.2, 0.25) is 6.29 Å². The lowest BCUT2D eigenvalue weighted by Gasteiger charge is -2.07. The van der Waals surface area contributed by atoms with E-state index in [0.29, 0.717) is 12.4 Å². The van der Waals surface area contributed by atoms with Gasteiger partial charge >= 0.3 is 5.97 Å². The summed E-state index contributed by atoms with van der Waals surface area (Å²) in [5, 5.41) is 0. The molecule has 20 heavy (non-hydrogen) atoms. The van der Waals surface area contributed by atoms with Gasteiger partial charge in [-0.05, 0) is 30.7 Å². The van der Waals surface area contributed by atoms with Crippen molar-refractivity contribution in [1.29, 1.82) is 0 Å². The quantitative estimate of drug-likeness (QED) is 0.216. The summed E-state index contributed by atoms with van der Waals surface area (Å²) in [6.45, 7) is 2.90. The van der Waals surface area contributed by atoms with E-state index in [9.17, 15) is 9.59 Å². The summed E-state index contributed by atoms with van der Waals surface area (Å²) in [5.74, 6) is 0.184. The van der Waals surface area contributed by atoms with Gasteiger partial charge < -0.3 is 9.47 Å². The fourth-order valence-corrected chi connectivity index (χ4v) is 1.82. The summed E-state index contributed by atoms with van der Waals surface area (Å²) in [6, 6.07) is 6.67. The van der Waals surface area contributed by atoms with E-state index in [4.69, 9.17) is 9.47 Å².